The molecule has 114 valence electrons. The molecule has 4 rings (SSSR count). The van der Waals surface area contributed by atoms with Gasteiger partial charge in [0.25, 0.3) is 0 Å². The van der Waals surface area contributed by atoms with Crippen molar-refractivity contribution in [2.45, 2.75) is 31.2 Å². The van der Waals surface area contributed by atoms with Crippen molar-refractivity contribution in [3.8, 4) is 11.1 Å². The van der Waals surface area contributed by atoms with E-state index in [0.717, 1.165) is 41.7 Å². The Labute approximate surface area is 127 Å². The van der Waals surface area contributed by atoms with E-state index in [1.807, 2.05) is 25.5 Å². The molecule has 0 radical (unpaired) electrons. The molecular formula is C15H19N7. The lowest BCUT2D eigenvalue weighted by Crippen LogP contribution is -2.15. The van der Waals surface area contributed by atoms with Gasteiger partial charge in [-0.1, -0.05) is 0 Å². The Morgan fingerprint density at radius 3 is 2.77 bits per heavy atom. The Kier molecular flexibility index (Phi) is 2.90. The van der Waals surface area contributed by atoms with Gasteiger partial charge in [-0.05, 0) is 19.3 Å². The van der Waals surface area contributed by atoms with Gasteiger partial charge in [-0.15, -0.1) is 0 Å². The Balaban J connectivity index is 1.85. The van der Waals surface area contributed by atoms with Crippen molar-refractivity contribution in [3.05, 3.63) is 30.4 Å². The summed E-state index contributed by atoms with van der Waals surface area (Å²) >= 11 is 0. The smallest absolute Gasteiger partial charge is 0.165 e. The molecule has 0 spiro atoms. The quantitative estimate of drug-likeness (QED) is 0.742. The van der Waals surface area contributed by atoms with Gasteiger partial charge in [-0.25, -0.2) is 4.98 Å². The molecule has 3 aromatic heterocycles. The monoisotopic (exact) mass is 297 g/mol. The average molecular weight is 297 g/mol. The Morgan fingerprint density at radius 2 is 2.09 bits per heavy atom. The molecule has 2 atom stereocenters. The van der Waals surface area contributed by atoms with E-state index in [-0.39, 0.29) is 6.04 Å². The maximum Gasteiger partial charge on any atom is 0.165 e. The second-order valence-electron chi connectivity index (χ2n) is 6.07. The predicted octanol–water partition coefficient (Wildman–Crippen LogP) is 1.31. The highest BCUT2D eigenvalue weighted by Crippen LogP contribution is 2.34. The van der Waals surface area contributed by atoms with Crippen LogP contribution in [-0.2, 0) is 7.05 Å². The standard InChI is InChI=1S/C15H19N7/c1-21-8-10(6-18-21)12-7-19-22-14(17)5-13(20-15(12)22)9-2-3-11(16)4-9/h5-9,11H,2-4,16-17H2,1H3/t9-,11-/m1/s1. The maximum atomic E-state index is 6.16. The fourth-order valence-electron chi connectivity index (χ4n) is 3.26. The van der Waals surface area contributed by atoms with Crippen LogP contribution in [0.15, 0.2) is 24.7 Å². The topological polar surface area (TPSA) is 100 Å². The summed E-state index contributed by atoms with van der Waals surface area (Å²) in [4.78, 5) is 4.83. The first-order valence-electron chi connectivity index (χ1n) is 7.50. The van der Waals surface area contributed by atoms with Crippen LogP contribution in [0, 0.1) is 0 Å². The van der Waals surface area contributed by atoms with Crippen LogP contribution in [0.25, 0.3) is 16.8 Å². The van der Waals surface area contributed by atoms with E-state index >= 15 is 0 Å². The van der Waals surface area contributed by atoms with Crippen LogP contribution >= 0.6 is 0 Å². The molecule has 1 aliphatic carbocycles. The van der Waals surface area contributed by atoms with Gasteiger partial charge in [0.1, 0.15) is 5.82 Å². The molecular weight excluding hydrogens is 278 g/mol. The molecule has 7 heteroatoms. The second-order valence-corrected chi connectivity index (χ2v) is 6.07. The van der Waals surface area contributed by atoms with Crippen LogP contribution in [0.1, 0.15) is 30.9 Å². The molecule has 4 N–H and O–H groups in total. The minimum absolute atomic E-state index is 0.270. The van der Waals surface area contributed by atoms with E-state index in [0.29, 0.717) is 11.7 Å². The van der Waals surface area contributed by atoms with E-state index in [4.69, 9.17) is 16.5 Å². The number of nitrogen functional groups attached to an aromatic ring is 1. The van der Waals surface area contributed by atoms with E-state index in [2.05, 4.69) is 10.2 Å². The summed E-state index contributed by atoms with van der Waals surface area (Å²) in [6.07, 6.45) is 8.64. The number of aromatic nitrogens is 5. The summed E-state index contributed by atoms with van der Waals surface area (Å²) in [5.74, 6) is 0.995. The fourth-order valence-corrected chi connectivity index (χ4v) is 3.26. The molecule has 1 saturated carbocycles. The van der Waals surface area contributed by atoms with Crippen LogP contribution in [-0.4, -0.2) is 30.4 Å². The molecule has 3 aromatic rings. The van der Waals surface area contributed by atoms with Crippen LogP contribution in [0.3, 0.4) is 0 Å². The molecule has 1 aliphatic rings. The highest BCUT2D eigenvalue weighted by atomic mass is 15.3. The lowest BCUT2D eigenvalue weighted by molar-refractivity contribution is 0.661. The molecule has 0 aliphatic heterocycles. The van der Waals surface area contributed by atoms with E-state index < -0.39 is 0 Å². The number of nitrogens with zero attached hydrogens (tertiary/aromatic N) is 5. The molecule has 0 saturated heterocycles. The van der Waals surface area contributed by atoms with Crippen molar-refractivity contribution in [2.75, 3.05) is 5.73 Å². The minimum atomic E-state index is 0.270. The average Bonchev–Trinajstić information content (AvgIpc) is 3.18. The number of hydrogen-bond acceptors (Lipinski definition) is 5. The summed E-state index contributed by atoms with van der Waals surface area (Å²) in [7, 11) is 1.89. The fraction of sp³-hybridized carbons (Fsp3) is 0.400. The first-order chi connectivity index (χ1) is 10.6. The van der Waals surface area contributed by atoms with Crippen LogP contribution in [0.2, 0.25) is 0 Å². The lowest BCUT2D eigenvalue weighted by Gasteiger charge is -2.11. The van der Waals surface area contributed by atoms with Gasteiger partial charge in [-0.2, -0.15) is 14.7 Å². The zero-order valence-corrected chi connectivity index (χ0v) is 12.5. The maximum absolute atomic E-state index is 6.16. The van der Waals surface area contributed by atoms with Gasteiger partial charge in [0.2, 0.25) is 0 Å². The van der Waals surface area contributed by atoms with Crippen LogP contribution < -0.4 is 11.5 Å². The highest BCUT2D eigenvalue weighted by Gasteiger charge is 2.25. The van der Waals surface area contributed by atoms with Gasteiger partial charge in [0.15, 0.2) is 5.65 Å². The largest absolute Gasteiger partial charge is 0.384 e. The summed E-state index contributed by atoms with van der Waals surface area (Å²) in [6, 6.07) is 2.20. The number of aryl methyl sites for hydroxylation is 1. The number of rotatable bonds is 2. The third-order valence-corrected chi connectivity index (χ3v) is 4.43. The van der Waals surface area contributed by atoms with E-state index in [9.17, 15) is 0 Å². The predicted molar refractivity (Wildman–Crippen MR) is 84.2 cm³/mol. The van der Waals surface area contributed by atoms with Gasteiger partial charge in [0.05, 0.1) is 12.4 Å². The molecule has 0 amide bonds. The molecule has 1 fully saturated rings. The molecule has 7 nitrogen and oxygen atoms in total. The molecule has 0 bridgehead atoms. The normalized spacial score (nSPS) is 21.7. The summed E-state index contributed by atoms with van der Waals surface area (Å²) in [5, 5.41) is 8.57. The molecule has 0 unspecified atom stereocenters. The zero-order chi connectivity index (χ0) is 15.3. The first-order valence-corrected chi connectivity index (χ1v) is 7.50. The van der Waals surface area contributed by atoms with Gasteiger partial charge in [-0.3, -0.25) is 4.68 Å². The van der Waals surface area contributed by atoms with Gasteiger partial charge < -0.3 is 11.5 Å². The lowest BCUT2D eigenvalue weighted by atomic mass is 10.0. The minimum Gasteiger partial charge on any atom is -0.384 e. The first kappa shape index (κ1) is 13.3. The van der Waals surface area contributed by atoms with Crippen molar-refractivity contribution in [2.24, 2.45) is 12.8 Å². The number of fused-ring (bicyclic) bond motifs is 1. The number of nitrogens with two attached hydrogens (primary N) is 2. The van der Waals surface area contributed by atoms with Crippen molar-refractivity contribution < 1.29 is 0 Å². The van der Waals surface area contributed by atoms with Crippen LogP contribution in [0.5, 0.6) is 0 Å². The Morgan fingerprint density at radius 1 is 1.23 bits per heavy atom. The van der Waals surface area contributed by atoms with Gasteiger partial charge in [0, 0.05) is 48.1 Å². The number of hydrogen-bond donors (Lipinski definition) is 2. The zero-order valence-electron chi connectivity index (χ0n) is 12.5. The summed E-state index contributed by atoms with van der Waals surface area (Å²) in [5.41, 5.74) is 15.9. The number of anilines is 1. The molecule has 3 heterocycles. The third-order valence-electron chi connectivity index (χ3n) is 4.43. The highest BCUT2D eigenvalue weighted by molar-refractivity contribution is 5.77. The van der Waals surface area contributed by atoms with Crippen molar-refractivity contribution in [1.82, 2.24) is 24.4 Å². The summed E-state index contributed by atoms with van der Waals surface area (Å²) in [6.45, 7) is 0. The van der Waals surface area contributed by atoms with Crippen molar-refractivity contribution in [1.29, 1.82) is 0 Å². The van der Waals surface area contributed by atoms with Crippen molar-refractivity contribution in [3.63, 3.8) is 0 Å². The van der Waals surface area contributed by atoms with Crippen LogP contribution in [0.4, 0.5) is 5.82 Å². The molecule has 0 aromatic carbocycles. The van der Waals surface area contributed by atoms with E-state index in [1.54, 1.807) is 15.4 Å². The Hall–Kier alpha value is -2.41. The molecule has 22 heavy (non-hydrogen) atoms. The second kappa shape index (κ2) is 4.81. The third kappa shape index (κ3) is 2.05. The van der Waals surface area contributed by atoms with E-state index in [1.165, 1.54) is 0 Å². The van der Waals surface area contributed by atoms with Gasteiger partial charge >= 0.3 is 0 Å². The Bertz CT molecular complexity index is 832. The summed E-state index contributed by atoms with van der Waals surface area (Å²) < 4.78 is 3.45. The SMILES string of the molecule is Cn1cc(-c2cnn3c(N)cc([C@@H]4CC[C@@H](N)C4)nc23)cn1. The van der Waals surface area contributed by atoms with Crippen molar-refractivity contribution >= 4 is 11.5 Å².